The first kappa shape index (κ1) is 20.5. The van der Waals surface area contributed by atoms with Gasteiger partial charge in [-0.15, -0.1) is 0 Å². The quantitative estimate of drug-likeness (QED) is 0.630. The molecule has 3 fully saturated rings. The van der Waals surface area contributed by atoms with Gasteiger partial charge in [0.15, 0.2) is 5.96 Å². The Bertz CT molecular complexity index is 1100. The molecule has 32 heavy (non-hydrogen) atoms. The van der Waals surface area contributed by atoms with Crippen LogP contribution in [0.5, 0.6) is 0 Å². The summed E-state index contributed by atoms with van der Waals surface area (Å²) in [6.45, 7) is 6.59. The lowest BCUT2D eigenvalue weighted by Crippen LogP contribution is -2.44. The second-order valence-electron chi connectivity index (χ2n) is 9.46. The first-order chi connectivity index (χ1) is 15.4. The Hall–Kier alpha value is -3.35. The fourth-order valence-electron chi connectivity index (χ4n) is 4.09. The Labute approximate surface area is 188 Å². The number of hydrogen-bond donors (Lipinski definition) is 3. The molecule has 7 nitrogen and oxygen atoms in total. The first-order valence-corrected chi connectivity index (χ1v) is 11.3. The van der Waals surface area contributed by atoms with Crippen LogP contribution in [0.15, 0.2) is 47.5 Å². The summed E-state index contributed by atoms with van der Waals surface area (Å²) in [6.07, 6.45) is 3.25. The van der Waals surface area contributed by atoms with Crippen molar-refractivity contribution in [3.63, 3.8) is 0 Å². The largest absolute Gasteiger partial charge is 0.356 e. The van der Waals surface area contributed by atoms with E-state index in [-0.39, 0.29) is 17.4 Å². The molecule has 7 heteroatoms. The number of rotatable bonds is 5. The van der Waals surface area contributed by atoms with Gasteiger partial charge in [0.1, 0.15) is 0 Å². The summed E-state index contributed by atoms with van der Waals surface area (Å²) in [7, 11) is 0. The minimum atomic E-state index is -0.246. The fourth-order valence-corrected chi connectivity index (χ4v) is 4.09. The molecular formula is C25H29N5O2. The van der Waals surface area contributed by atoms with E-state index in [0.29, 0.717) is 23.0 Å². The van der Waals surface area contributed by atoms with Crippen molar-refractivity contribution >= 4 is 29.1 Å². The molecule has 1 saturated carbocycles. The minimum absolute atomic E-state index is 0.0476. The van der Waals surface area contributed by atoms with Crippen LogP contribution in [-0.4, -0.2) is 47.8 Å². The number of hydrogen-bond acceptors (Lipinski definition) is 3. The van der Waals surface area contributed by atoms with Crippen LogP contribution in [-0.2, 0) is 0 Å². The molecular weight excluding hydrogens is 402 g/mol. The topological polar surface area (TPSA) is 85.6 Å². The second kappa shape index (κ2) is 7.97. The fraction of sp³-hybridized carbons (Fsp3) is 0.400. The molecule has 0 atom stereocenters. The molecule has 2 aromatic rings. The number of nitrogens with one attached hydrogen (secondary N) is 3. The molecule has 2 aliphatic heterocycles. The second-order valence-corrected chi connectivity index (χ2v) is 9.46. The summed E-state index contributed by atoms with van der Waals surface area (Å²) in [5.74, 6) is 0.814. The average Bonchev–Trinajstić information content (AvgIpc) is 3.71. The standard InChI is InChI=1S/C25H29N5O2/c1-25(2)15-30(25)23(32)18-5-3-6-19(13-18)28-21-10-9-17(14-20(21)16-7-8-16)22(31)29-24-26-11-4-12-27-24/h3,5-6,9-10,13-14,16,28H,4,7-8,11-12,15H2,1-2H3,(H2,26,27,29,31). The predicted molar refractivity (Wildman–Crippen MR) is 126 cm³/mol. The highest BCUT2D eigenvalue weighted by molar-refractivity contribution is 6.03. The van der Waals surface area contributed by atoms with Crippen LogP contribution in [0.4, 0.5) is 11.4 Å². The van der Waals surface area contributed by atoms with E-state index in [2.05, 4.69) is 34.8 Å². The van der Waals surface area contributed by atoms with Crippen molar-refractivity contribution < 1.29 is 9.59 Å². The Morgan fingerprint density at radius 3 is 2.50 bits per heavy atom. The molecule has 2 heterocycles. The summed E-state index contributed by atoms with van der Waals surface area (Å²) in [4.78, 5) is 31.5. The van der Waals surface area contributed by atoms with Gasteiger partial charge < -0.3 is 20.9 Å². The van der Waals surface area contributed by atoms with Gasteiger partial charge >= 0.3 is 0 Å². The lowest BCUT2D eigenvalue weighted by molar-refractivity contribution is 0.0860. The molecule has 166 valence electrons. The van der Waals surface area contributed by atoms with Crippen LogP contribution >= 0.6 is 0 Å². The smallest absolute Gasteiger partial charge is 0.280 e. The highest BCUT2D eigenvalue weighted by Crippen LogP contribution is 2.44. The van der Waals surface area contributed by atoms with Crippen molar-refractivity contribution in [2.45, 2.75) is 44.6 Å². The average molecular weight is 432 g/mol. The van der Waals surface area contributed by atoms with Crippen LogP contribution in [0.3, 0.4) is 0 Å². The molecule has 0 spiro atoms. The molecule has 0 bridgehead atoms. The van der Waals surface area contributed by atoms with Crippen molar-refractivity contribution in [2.24, 2.45) is 4.99 Å². The van der Waals surface area contributed by atoms with E-state index in [9.17, 15) is 9.59 Å². The molecule has 1 aliphatic carbocycles. The van der Waals surface area contributed by atoms with Crippen LogP contribution < -0.4 is 16.0 Å². The highest BCUT2D eigenvalue weighted by atomic mass is 16.2. The van der Waals surface area contributed by atoms with Gasteiger partial charge in [0.25, 0.3) is 11.8 Å². The van der Waals surface area contributed by atoms with Crippen molar-refractivity contribution in [1.82, 2.24) is 15.5 Å². The number of nitrogens with zero attached hydrogens (tertiary/aromatic N) is 2. The van der Waals surface area contributed by atoms with E-state index < -0.39 is 0 Å². The SMILES string of the molecule is CC1(C)CN1C(=O)c1cccc(Nc2ccc(C(=O)N=C3NCCCN3)cc2C2CC2)c1. The number of benzene rings is 2. The van der Waals surface area contributed by atoms with E-state index >= 15 is 0 Å². The molecule has 0 aromatic heterocycles. The maximum Gasteiger partial charge on any atom is 0.280 e. The van der Waals surface area contributed by atoms with Crippen molar-refractivity contribution in [1.29, 1.82) is 0 Å². The Balaban J connectivity index is 1.36. The summed E-state index contributed by atoms with van der Waals surface area (Å²) >= 11 is 0. The third-order valence-corrected chi connectivity index (χ3v) is 6.27. The summed E-state index contributed by atoms with van der Waals surface area (Å²) in [5.41, 5.74) is 4.20. The van der Waals surface area contributed by atoms with E-state index in [1.165, 1.54) is 0 Å². The number of carbonyl (C=O) groups excluding carboxylic acids is 2. The van der Waals surface area contributed by atoms with Gasteiger partial charge in [-0.2, -0.15) is 4.99 Å². The highest BCUT2D eigenvalue weighted by Gasteiger charge is 2.46. The first-order valence-electron chi connectivity index (χ1n) is 11.3. The van der Waals surface area contributed by atoms with Gasteiger partial charge in [-0.1, -0.05) is 6.07 Å². The number of amides is 2. The van der Waals surface area contributed by atoms with E-state index in [0.717, 1.165) is 55.8 Å². The van der Waals surface area contributed by atoms with E-state index in [1.807, 2.05) is 47.4 Å². The van der Waals surface area contributed by atoms with Gasteiger partial charge in [0.2, 0.25) is 0 Å². The summed E-state index contributed by atoms with van der Waals surface area (Å²) in [6, 6.07) is 13.4. The molecule has 2 aromatic carbocycles. The van der Waals surface area contributed by atoms with Gasteiger partial charge in [0.05, 0.1) is 5.54 Å². The number of anilines is 2. The van der Waals surface area contributed by atoms with Crippen LogP contribution in [0, 0.1) is 0 Å². The molecule has 0 radical (unpaired) electrons. The number of carbonyl (C=O) groups is 2. The van der Waals surface area contributed by atoms with Crippen molar-refractivity contribution in [3.05, 3.63) is 59.2 Å². The van der Waals surface area contributed by atoms with E-state index in [1.54, 1.807) is 0 Å². The monoisotopic (exact) mass is 431 g/mol. The molecule has 3 N–H and O–H groups in total. The third-order valence-electron chi connectivity index (χ3n) is 6.27. The molecule has 2 amide bonds. The van der Waals surface area contributed by atoms with Gasteiger partial charge in [0, 0.05) is 42.1 Å². The number of aliphatic imine (C=N–C) groups is 1. The molecule has 2 saturated heterocycles. The third kappa shape index (κ3) is 4.33. The van der Waals surface area contributed by atoms with Crippen molar-refractivity contribution in [3.8, 4) is 0 Å². The normalized spacial score (nSPS) is 18.9. The van der Waals surface area contributed by atoms with Crippen LogP contribution in [0.1, 0.15) is 65.3 Å². The maximum absolute atomic E-state index is 12.7. The maximum atomic E-state index is 12.7. The minimum Gasteiger partial charge on any atom is -0.356 e. The van der Waals surface area contributed by atoms with Crippen LogP contribution in [0.25, 0.3) is 0 Å². The number of guanidine groups is 1. The summed E-state index contributed by atoms with van der Waals surface area (Å²) in [5, 5.41) is 9.71. The Morgan fingerprint density at radius 1 is 1.06 bits per heavy atom. The lowest BCUT2D eigenvalue weighted by atomic mass is 10.0. The summed E-state index contributed by atoms with van der Waals surface area (Å²) < 4.78 is 0. The Kier molecular flexibility index (Phi) is 5.12. The van der Waals surface area contributed by atoms with Crippen molar-refractivity contribution in [2.75, 3.05) is 25.0 Å². The lowest BCUT2D eigenvalue weighted by Gasteiger charge is -2.17. The molecule has 3 aliphatic rings. The zero-order valence-corrected chi connectivity index (χ0v) is 18.6. The van der Waals surface area contributed by atoms with Gasteiger partial charge in [-0.05, 0) is 81.0 Å². The Morgan fingerprint density at radius 2 is 1.81 bits per heavy atom. The molecule has 0 unspecified atom stereocenters. The predicted octanol–water partition coefficient (Wildman–Crippen LogP) is 3.62. The van der Waals surface area contributed by atoms with E-state index in [4.69, 9.17) is 0 Å². The zero-order chi connectivity index (χ0) is 22.3. The molecule has 5 rings (SSSR count). The van der Waals surface area contributed by atoms with Crippen LogP contribution in [0.2, 0.25) is 0 Å². The van der Waals surface area contributed by atoms with Gasteiger partial charge in [-0.25, -0.2) is 0 Å². The van der Waals surface area contributed by atoms with Gasteiger partial charge in [-0.3, -0.25) is 9.59 Å². The zero-order valence-electron chi connectivity index (χ0n) is 18.6.